The van der Waals surface area contributed by atoms with Crippen LogP contribution in [0.15, 0.2) is 0 Å². The normalized spacial score (nSPS) is 17.3. The Hall–Kier alpha value is -1.14. The molecule has 6 nitrogen and oxygen atoms in total. The second kappa shape index (κ2) is 8.05. The highest BCUT2D eigenvalue weighted by Crippen LogP contribution is 2.04. The summed E-state index contributed by atoms with van der Waals surface area (Å²) in [6, 6.07) is 0. The van der Waals surface area contributed by atoms with Gasteiger partial charge in [-0.1, -0.05) is 6.92 Å². The number of morpholine rings is 1. The van der Waals surface area contributed by atoms with E-state index in [0.717, 1.165) is 12.8 Å². The van der Waals surface area contributed by atoms with Gasteiger partial charge in [0.1, 0.15) is 0 Å². The molecule has 0 saturated carbocycles. The average Bonchev–Trinajstić information content (AvgIpc) is 2.42. The van der Waals surface area contributed by atoms with E-state index in [1.54, 1.807) is 4.90 Å². The van der Waals surface area contributed by atoms with Gasteiger partial charge in [0.25, 0.3) is 0 Å². The van der Waals surface area contributed by atoms with Crippen molar-refractivity contribution in [2.75, 3.05) is 39.4 Å². The molecule has 3 N–H and O–H groups in total. The average molecular weight is 257 g/mol. The Morgan fingerprint density at radius 1 is 1.39 bits per heavy atom. The first-order chi connectivity index (χ1) is 8.65. The molecule has 1 aliphatic rings. The third kappa shape index (κ3) is 5.01. The predicted molar refractivity (Wildman–Crippen MR) is 67.9 cm³/mol. The molecule has 1 unspecified atom stereocenters. The van der Waals surface area contributed by atoms with Gasteiger partial charge in [0.2, 0.25) is 11.8 Å². The quantitative estimate of drug-likeness (QED) is 0.661. The van der Waals surface area contributed by atoms with E-state index in [9.17, 15) is 9.59 Å². The van der Waals surface area contributed by atoms with Gasteiger partial charge in [0, 0.05) is 19.0 Å². The summed E-state index contributed by atoms with van der Waals surface area (Å²) in [7, 11) is 0. The Balaban J connectivity index is 2.22. The lowest BCUT2D eigenvalue weighted by atomic mass is 10.1. The Bertz CT molecular complexity index is 278. The second-order valence-electron chi connectivity index (χ2n) is 4.54. The van der Waals surface area contributed by atoms with Crippen LogP contribution in [0, 0.1) is 5.92 Å². The smallest absolute Gasteiger partial charge is 0.242 e. The van der Waals surface area contributed by atoms with Crippen molar-refractivity contribution in [1.82, 2.24) is 10.2 Å². The van der Waals surface area contributed by atoms with Gasteiger partial charge in [-0.25, -0.2) is 0 Å². The maximum atomic E-state index is 11.8. The number of ether oxygens (including phenoxy) is 1. The summed E-state index contributed by atoms with van der Waals surface area (Å²) >= 11 is 0. The zero-order valence-corrected chi connectivity index (χ0v) is 11.0. The molecule has 1 saturated heterocycles. The third-order valence-electron chi connectivity index (χ3n) is 3.07. The van der Waals surface area contributed by atoms with E-state index in [1.807, 2.05) is 6.92 Å². The van der Waals surface area contributed by atoms with Crippen LogP contribution in [0.1, 0.15) is 19.8 Å². The highest BCUT2D eigenvalue weighted by atomic mass is 16.5. The fourth-order valence-electron chi connectivity index (χ4n) is 1.82. The number of hydrogen-bond acceptors (Lipinski definition) is 4. The molecule has 0 bridgehead atoms. The number of rotatable bonds is 6. The van der Waals surface area contributed by atoms with Gasteiger partial charge in [-0.2, -0.15) is 0 Å². The maximum Gasteiger partial charge on any atom is 0.242 e. The van der Waals surface area contributed by atoms with E-state index in [2.05, 4.69) is 5.32 Å². The zero-order valence-electron chi connectivity index (χ0n) is 11.0. The Labute approximate surface area is 108 Å². The van der Waals surface area contributed by atoms with Crippen molar-refractivity contribution in [3.05, 3.63) is 0 Å². The lowest BCUT2D eigenvalue weighted by Gasteiger charge is -2.27. The molecular formula is C12H23N3O3. The fourth-order valence-corrected chi connectivity index (χ4v) is 1.82. The fraction of sp³-hybridized carbons (Fsp3) is 0.833. The maximum absolute atomic E-state index is 11.8. The Morgan fingerprint density at radius 2 is 2.06 bits per heavy atom. The lowest BCUT2D eigenvalue weighted by molar-refractivity contribution is -0.136. The molecule has 1 aliphatic heterocycles. The highest BCUT2D eigenvalue weighted by Gasteiger charge is 2.18. The third-order valence-corrected chi connectivity index (χ3v) is 3.07. The van der Waals surface area contributed by atoms with Crippen LogP contribution in [0.4, 0.5) is 0 Å². The predicted octanol–water partition coefficient (Wildman–Crippen LogP) is -0.664. The van der Waals surface area contributed by atoms with Gasteiger partial charge in [0.05, 0.1) is 19.8 Å². The van der Waals surface area contributed by atoms with Gasteiger partial charge in [-0.15, -0.1) is 0 Å². The number of nitrogens with one attached hydrogen (secondary N) is 1. The van der Waals surface area contributed by atoms with Gasteiger partial charge >= 0.3 is 0 Å². The topological polar surface area (TPSA) is 84.7 Å². The molecule has 0 aromatic rings. The van der Waals surface area contributed by atoms with Crippen molar-refractivity contribution in [2.45, 2.75) is 19.8 Å². The van der Waals surface area contributed by atoms with Crippen LogP contribution < -0.4 is 11.1 Å². The summed E-state index contributed by atoms with van der Waals surface area (Å²) in [6.07, 6.45) is 1.58. The van der Waals surface area contributed by atoms with Crippen LogP contribution in [-0.4, -0.2) is 56.1 Å². The molecule has 1 rings (SSSR count). The molecule has 6 heteroatoms. The number of hydrogen-bond donors (Lipinski definition) is 2. The largest absolute Gasteiger partial charge is 0.378 e. The molecule has 18 heavy (non-hydrogen) atoms. The second-order valence-corrected chi connectivity index (χ2v) is 4.54. The van der Waals surface area contributed by atoms with Crippen LogP contribution in [0.3, 0.4) is 0 Å². The standard InChI is InChI=1S/C12H23N3O3/c1-10(3-2-4-13)12(17)14-9-11(16)15-5-7-18-8-6-15/h10H,2-9,13H2,1H3,(H,14,17). The summed E-state index contributed by atoms with van der Waals surface area (Å²) in [5.41, 5.74) is 5.39. The molecule has 0 spiro atoms. The van der Waals surface area contributed by atoms with Crippen molar-refractivity contribution in [2.24, 2.45) is 11.7 Å². The van der Waals surface area contributed by atoms with E-state index in [0.29, 0.717) is 32.8 Å². The summed E-state index contributed by atoms with van der Waals surface area (Å²) in [5, 5.41) is 2.68. The molecule has 1 atom stereocenters. The molecule has 104 valence electrons. The minimum atomic E-state index is -0.0916. The first-order valence-corrected chi connectivity index (χ1v) is 6.48. The van der Waals surface area contributed by atoms with Crippen molar-refractivity contribution < 1.29 is 14.3 Å². The monoisotopic (exact) mass is 257 g/mol. The van der Waals surface area contributed by atoms with Crippen LogP contribution in [0.2, 0.25) is 0 Å². The summed E-state index contributed by atoms with van der Waals surface area (Å²) in [4.78, 5) is 25.2. The minimum absolute atomic E-state index is 0.0438. The first kappa shape index (κ1) is 14.9. The van der Waals surface area contributed by atoms with Crippen molar-refractivity contribution in [3.8, 4) is 0 Å². The number of carbonyl (C=O) groups excluding carboxylic acids is 2. The molecule has 0 aromatic carbocycles. The molecule has 0 aromatic heterocycles. The zero-order chi connectivity index (χ0) is 13.4. The van der Waals surface area contributed by atoms with Gasteiger partial charge in [-0.05, 0) is 19.4 Å². The van der Waals surface area contributed by atoms with Crippen LogP contribution in [0.25, 0.3) is 0 Å². The SMILES string of the molecule is CC(CCCN)C(=O)NCC(=O)N1CCOCC1. The number of carbonyl (C=O) groups is 2. The minimum Gasteiger partial charge on any atom is -0.378 e. The first-order valence-electron chi connectivity index (χ1n) is 6.48. The van der Waals surface area contributed by atoms with E-state index in [-0.39, 0.29) is 24.3 Å². The van der Waals surface area contributed by atoms with Crippen LogP contribution in [-0.2, 0) is 14.3 Å². The number of nitrogens with two attached hydrogens (primary N) is 1. The van der Waals surface area contributed by atoms with Crippen molar-refractivity contribution in [3.63, 3.8) is 0 Å². The van der Waals surface area contributed by atoms with Gasteiger partial charge < -0.3 is 20.7 Å². The molecule has 0 aliphatic carbocycles. The molecule has 0 radical (unpaired) electrons. The number of nitrogens with zero attached hydrogens (tertiary/aromatic N) is 1. The summed E-state index contributed by atoms with van der Waals surface area (Å²) < 4.78 is 5.16. The molecular weight excluding hydrogens is 234 g/mol. The summed E-state index contributed by atoms with van der Waals surface area (Å²) in [6.45, 7) is 4.88. The van der Waals surface area contributed by atoms with Gasteiger partial charge in [0.15, 0.2) is 0 Å². The van der Waals surface area contributed by atoms with Gasteiger partial charge in [-0.3, -0.25) is 9.59 Å². The highest BCUT2D eigenvalue weighted by molar-refractivity contribution is 5.85. The number of amides is 2. The van der Waals surface area contributed by atoms with E-state index in [1.165, 1.54) is 0 Å². The summed E-state index contributed by atoms with van der Waals surface area (Å²) in [5.74, 6) is -0.214. The van der Waals surface area contributed by atoms with E-state index < -0.39 is 0 Å². The van der Waals surface area contributed by atoms with E-state index in [4.69, 9.17) is 10.5 Å². The molecule has 1 fully saturated rings. The van der Waals surface area contributed by atoms with Crippen molar-refractivity contribution >= 4 is 11.8 Å². The van der Waals surface area contributed by atoms with Crippen LogP contribution >= 0.6 is 0 Å². The van der Waals surface area contributed by atoms with E-state index >= 15 is 0 Å². The van der Waals surface area contributed by atoms with Crippen molar-refractivity contribution in [1.29, 1.82) is 0 Å². The Kier molecular flexibility index (Phi) is 6.67. The van der Waals surface area contributed by atoms with Crippen LogP contribution in [0.5, 0.6) is 0 Å². The molecule has 1 heterocycles. The molecule has 2 amide bonds. The Morgan fingerprint density at radius 3 is 2.67 bits per heavy atom. The lowest BCUT2D eigenvalue weighted by Crippen LogP contribution is -2.46.